The van der Waals surface area contributed by atoms with Gasteiger partial charge in [-0.05, 0) is 42.7 Å². The molecule has 2 amide bonds. The molecule has 4 aromatic rings. The summed E-state index contributed by atoms with van der Waals surface area (Å²) < 4.78 is 15.4. The van der Waals surface area contributed by atoms with Crippen LogP contribution in [0.3, 0.4) is 0 Å². The molecule has 2 aromatic carbocycles. The van der Waals surface area contributed by atoms with E-state index in [1.54, 1.807) is 23.5 Å². The summed E-state index contributed by atoms with van der Waals surface area (Å²) in [5.74, 6) is -0.254. The molecule has 0 radical (unpaired) electrons. The number of imidazole rings is 1. The van der Waals surface area contributed by atoms with Crippen molar-refractivity contribution >= 4 is 22.3 Å². The number of carbonyl (C=O) groups is 1. The molecule has 176 valence electrons. The Balaban J connectivity index is 1.31. The van der Waals surface area contributed by atoms with E-state index >= 15 is 0 Å². The van der Waals surface area contributed by atoms with Gasteiger partial charge in [0.25, 0.3) is 0 Å². The van der Waals surface area contributed by atoms with E-state index in [0.717, 1.165) is 46.7 Å². The molecule has 34 heavy (non-hydrogen) atoms. The molecule has 0 saturated heterocycles. The maximum atomic E-state index is 13.3. The van der Waals surface area contributed by atoms with Gasteiger partial charge in [0.15, 0.2) is 4.96 Å². The summed E-state index contributed by atoms with van der Waals surface area (Å²) in [4.78, 5) is 20.8. The van der Waals surface area contributed by atoms with Crippen LogP contribution in [0.15, 0.2) is 66.2 Å². The molecule has 2 aromatic heterocycles. The van der Waals surface area contributed by atoms with Gasteiger partial charge in [0, 0.05) is 48.4 Å². The largest absolute Gasteiger partial charge is 0.335 e. The van der Waals surface area contributed by atoms with Crippen molar-refractivity contribution in [3.05, 3.63) is 83.2 Å². The Morgan fingerprint density at radius 3 is 2.62 bits per heavy atom. The van der Waals surface area contributed by atoms with Crippen LogP contribution in [0.25, 0.3) is 16.2 Å². The zero-order chi connectivity index (χ0) is 23.3. The molecule has 0 atom stereocenters. The van der Waals surface area contributed by atoms with E-state index < -0.39 is 0 Å². The number of fused-ring (bicyclic) bond motifs is 1. The van der Waals surface area contributed by atoms with Crippen molar-refractivity contribution in [1.29, 1.82) is 0 Å². The number of hydrogen-bond donors (Lipinski definition) is 1. The van der Waals surface area contributed by atoms with Crippen LogP contribution in [0.1, 0.15) is 43.4 Å². The lowest BCUT2D eigenvalue weighted by molar-refractivity contribution is 0.187. The van der Waals surface area contributed by atoms with E-state index in [2.05, 4.69) is 27.2 Å². The second-order valence-electron chi connectivity index (χ2n) is 8.95. The fraction of sp³-hybridized carbons (Fsp3) is 0.333. The molecule has 0 bridgehead atoms. The summed E-state index contributed by atoms with van der Waals surface area (Å²) in [5.41, 5.74) is 3.95. The van der Waals surface area contributed by atoms with Gasteiger partial charge in [0.2, 0.25) is 0 Å². The van der Waals surface area contributed by atoms with E-state index in [1.807, 2.05) is 29.3 Å². The normalized spacial score (nSPS) is 14.4. The Morgan fingerprint density at radius 1 is 1.09 bits per heavy atom. The van der Waals surface area contributed by atoms with Crippen molar-refractivity contribution in [3.63, 3.8) is 0 Å². The molecule has 1 saturated carbocycles. The maximum Gasteiger partial charge on any atom is 0.317 e. The number of urea groups is 1. The molecular weight excluding hydrogens is 447 g/mol. The Morgan fingerprint density at radius 2 is 1.85 bits per heavy atom. The maximum absolute atomic E-state index is 13.3. The fourth-order valence-corrected chi connectivity index (χ4v) is 5.49. The first kappa shape index (κ1) is 22.6. The van der Waals surface area contributed by atoms with Crippen molar-refractivity contribution in [2.24, 2.45) is 0 Å². The summed E-state index contributed by atoms with van der Waals surface area (Å²) in [6.45, 7) is 1.20. The standard InChI is InChI=1S/C27H29FN4OS/c28-22-13-11-21(12-14-22)25-18-32-24(19-34-27(32)30-25)15-16-31(17-20-7-3-1-4-8-20)26(33)29-23-9-5-2-6-10-23/h1,3-4,7-8,11-14,18-19,23H,2,5-6,9-10,15-17H2,(H,29,33). The molecule has 0 aliphatic heterocycles. The third-order valence-corrected chi connectivity index (χ3v) is 7.39. The first-order valence-electron chi connectivity index (χ1n) is 12.0. The topological polar surface area (TPSA) is 49.6 Å². The van der Waals surface area contributed by atoms with Crippen molar-refractivity contribution in [2.75, 3.05) is 6.54 Å². The van der Waals surface area contributed by atoms with Crippen LogP contribution >= 0.6 is 11.3 Å². The lowest BCUT2D eigenvalue weighted by Gasteiger charge is -2.28. The fourth-order valence-electron chi connectivity index (χ4n) is 4.59. The average Bonchev–Trinajstić information content (AvgIpc) is 3.45. The first-order chi connectivity index (χ1) is 16.7. The zero-order valence-corrected chi connectivity index (χ0v) is 19.9. The van der Waals surface area contributed by atoms with E-state index in [-0.39, 0.29) is 17.9 Å². The van der Waals surface area contributed by atoms with E-state index in [4.69, 9.17) is 4.98 Å². The van der Waals surface area contributed by atoms with Crippen LogP contribution in [0, 0.1) is 5.82 Å². The average molecular weight is 477 g/mol. The molecule has 2 heterocycles. The van der Waals surface area contributed by atoms with Crippen molar-refractivity contribution in [3.8, 4) is 11.3 Å². The molecule has 5 nitrogen and oxygen atoms in total. The van der Waals surface area contributed by atoms with Gasteiger partial charge in [0.05, 0.1) is 5.69 Å². The number of aromatic nitrogens is 2. The number of nitrogens with zero attached hydrogens (tertiary/aromatic N) is 3. The predicted molar refractivity (Wildman–Crippen MR) is 134 cm³/mol. The van der Waals surface area contributed by atoms with Gasteiger partial charge in [-0.1, -0.05) is 49.6 Å². The number of thiazole rings is 1. The van der Waals surface area contributed by atoms with Crippen molar-refractivity contribution < 1.29 is 9.18 Å². The molecule has 7 heteroatoms. The second-order valence-corrected chi connectivity index (χ2v) is 9.79. The Kier molecular flexibility index (Phi) is 6.90. The highest BCUT2D eigenvalue weighted by Gasteiger charge is 2.21. The van der Waals surface area contributed by atoms with Crippen LogP contribution in [0.2, 0.25) is 0 Å². The minimum atomic E-state index is -0.254. The summed E-state index contributed by atoms with van der Waals surface area (Å²) in [7, 11) is 0. The van der Waals surface area contributed by atoms with Gasteiger partial charge in [-0.2, -0.15) is 0 Å². The zero-order valence-electron chi connectivity index (χ0n) is 19.1. The Hall–Kier alpha value is -3.19. The number of carbonyl (C=O) groups excluding carboxylic acids is 1. The second kappa shape index (κ2) is 10.4. The van der Waals surface area contributed by atoms with Crippen molar-refractivity contribution in [1.82, 2.24) is 19.6 Å². The third-order valence-electron chi connectivity index (χ3n) is 6.50. The Bertz CT molecular complexity index is 1230. The van der Waals surface area contributed by atoms with Gasteiger partial charge in [-0.25, -0.2) is 14.2 Å². The highest BCUT2D eigenvalue weighted by atomic mass is 32.1. The van der Waals surface area contributed by atoms with Crippen LogP contribution in [0.5, 0.6) is 0 Å². The lowest BCUT2D eigenvalue weighted by atomic mass is 9.96. The number of benzene rings is 2. The van der Waals surface area contributed by atoms with Gasteiger partial charge in [0.1, 0.15) is 5.82 Å². The molecule has 1 fully saturated rings. The molecule has 1 N–H and O–H groups in total. The molecular formula is C27H29FN4OS. The summed E-state index contributed by atoms with van der Waals surface area (Å²) in [5, 5.41) is 5.38. The smallest absolute Gasteiger partial charge is 0.317 e. The minimum Gasteiger partial charge on any atom is -0.335 e. The van der Waals surface area contributed by atoms with E-state index in [1.165, 1.54) is 31.4 Å². The van der Waals surface area contributed by atoms with Crippen molar-refractivity contribution in [2.45, 2.75) is 51.1 Å². The highest BCUT2D eigenvalue weighted by molar-refractivity contribution is 7.15. The minimum absolute atomic E-state index is 0.0138. The SMILES string of the molecule is O=C(NC1CCCCC1)N(CCc1csc2nc(-c3ccc(F)cc3)cn12)Cc1ccccc1. The first-order valence-corrected chi connectivity index (χ1v) is 12.8. The van der Waals surface area contributed by atoms with Gasteiger partial charge < -0.3 is 10.2 Å². The number of nitrogens with one attached hydrogen (secondary N) is 1. The van der Waals surface area contributed by atoms with E-state index in [9.17, 15) is 9.18 Å². The highest BCUT2D eigenvalue weighted by Crippen LogP contribution is 2.24. The summed E-state index contributed by atoms with van der Waals surface area (Å²) >= 11 is 1.58. The van der Waals surface area contributed by atoms with Crippen LogP contribution < -0.4 is 5.32 Å². The summed E-state index contributed by atoms with van der Waals surface area (Å²) in [6, 6.07) is 16.8. The van der Waals surface area contributed by atoms with E-state index in [0.29, 0.717) is 13.1 Å². The molecule has 1 aliphatic rings. The van der Waals surface area contributed by atoms with Crippen LogP contribution in [0.4, 0.5) is 9.18 Å². The quantitative estimate of drug-likeness (QED) is 0.341. The van der Waals surface area contributed by atoms with Gasteiger partial charge in [-0.3, -0.25) is 4.40 Å². The van der Waals surface area contributed by atoms with Crippen LogP contribution in [-0.2, 0) is 13.0 Å². The molecule has 0 spiro atoms. The van der Waals surface area contributed by atoms with Crippen LogP contribution in [-0.4, -0.2) is 32.9 Å². The third kappa shape index (κ3) is 5.30. The molecule has 1 aliphatic carbocycles. The number of halogens is 1. The predicted octanol–water partition coefficient (Wildman–Crippen LogP) is 6.29. The Labute approximate surface area is 203 Å². The van der Waals surface area contributed by atoms with Gasteiger partial charge in [-0.15, -0.1) is 11.3 Å². The lowest BCUT2D eigenvalue weighted by Crippen LogP contribution is -2.45. The number of hydrogen-bond acceptors (Lipinski definition) is 3. The number of amides is 2. The number of rotatable bonds is 7. The summed E-state index contributed by atoms with van der Waals surface area (Å²) in [6.07, 6.45) is 8.50. The monoisotopic (exact) mass is 476 g/mol. The van der Waals surface area contributed by atoms with Gasteiger partial charge >= 0.3 is 6.03 Å². The molecule has 5 rings (SSSR count). The molecule has 0 unspecified atom stereocenters.